The molecule has 0 N–H and O–H groups in total. The van der Waals surface area contributed by atoms with Crippen LogP contribution in [0.4, 0.5) is 0 Å². The molecule has 3 atom stereocenters. The van der Waals surface area contributed by atoms with E-state index in [1.807, 2.05) is 20.8 Å². The maximum absolute atomic E-state index is 12.5. The van der Waals surface area contributed by atoms with Crippen LogP contribution in [0, 0.1) is 17.3 Å². The highest BCUT2D eigenvalue weighted by Gasteiger charge is 2.35. The lowest BCUT2D eigenvalue weighted by atomic mass is 9.92. The lowest BCUT2D eigenvalue weighted by Crippen LogP contribution is -2.45. The van der Waals surface area contributed by atoms with Gasteiger partial charge in [-0.1, -0.05) is 27.7 Å². The Balaban J connectivity index is 2.16. The number of carbonyl (C=O) groups excluding carboxylic acids is 1. The number of nitrogens with zero attached hydrogens (tertiary/aromatic N) is 2. The fourth-order valence-electron chi connectivity index (χ4n) is 2.81. The Kier molecular flexibility index (Phi) is 4.27. The van der Waals surface area contributed by atoms with E-state index in [-0.39, 0.29) is 5.41 Å². The summed E-state index contributed by atoms with van der Waals surface area (Å²) in [7, 11) is 0. The lowest BCUT2D eigenvalue weighted by molar-refractivity contribution is -0.141. The number of fused-ring (bicyclic) bond motifs is 3. The van der Waals surface area contributed by atoms with Crippen molar-refractivity contribution in [2.75, 3.05) is 37.8 Å². The number of carbonyl (C=O) groups is 1. The van der Waals surface area contributed by atoms with Crippen molar-refractivity contribution in [3.05, 3.63) is 0 Å². The van der Waals surface area contributed by atoms with Crippen molar-refractivity contribution in [2.24, 2.45) is 17.3 Å². The Labute approximate surface area is 115 Å². The summed E-state index contributed by atoms with van der Waals surface area (Å²) in [5, 5.41) is 0. The third-order valence-corrected chi connectivity index (χ3v) is 5.12. The first-order valence-corrected chi connectivity index (χ1v) is 8.13. The van der Waals surface area contributed by atoms with Gasteiger partial charge in [-0.2, -0.15) is 11.8 Å². The van der Waals surface area contributed by atoms with Gasteiger partial charge in [0.1, 0.15) is 0 Å². The maximum atomic E-state index is 12.5. The molecule has 4 heteroatoms. The molecule has 3 nitrogen and oxygen atoms in total. The van der Waals surface area contributed by atoms with E-state index in [0.29, 0.717) is 17.7 Å². The molecule has 2 saturated heterocycles. The van der Waals surface area contributed by atoms with E-state index in [1.165, 1.54) is 11.5 Å². The third-order valence-electron chi connectivity index (χ3n) is 3.99. The molecule has 0 aliphatic carbocycles. The van der Waals surface area contributed by atoms with Crippen molar-refractivity contribution in [3.8, 4) is 0 Å². The minimum absolute atomic E-state index is 0.259. The maximum Gasteiger partial charge on any atom is 0.228 e. The van der Waals surface area contributed by atoms with Crippen LogP contribution in [-0.4, -0.2) is 53.5 Å². The van der Waals surface area contributed by atoms with E-state index in [9.17, 15) is 4.79 Å². The highest BCUT2D eigenvalue weighted by Crippen LogP contribution is 2.28. The van der Waals surface area contributed by atoms with Gasteiger partial charge in [-0.05, 0) is 17.6 Å². The molecule has 2 aliphatic rings. The predicted octanol–water partition coefficient (Wildman–Crippen LogP) is 2.13. The van der Waals surface area contributed by atoms with Crippen LogP contribution in [0.5, 0.6) is 0 Å². The van der Waals surface area contributed by atoms with Crippen molar-refractivity contribution in [2.45, 2.75) is 27.7 Å². The Morgan fingerprint density at radius 2 is 2.00 bits per heavy atom. The molecule has 2 bridgehead atoms. The first-order valence-electron chi connectivity index (χ1n) is 6.97. The van der Waals surface area contributed by atoms with E-state index >= 15 is 0 Å². The number of amides is 1. The quantitative estimate of drug-likeness (QED) is 0.674. The SMILES string of the molecule is CC1CN2CCSCC1CN(C(=O)C(C)(C)C)C2. The third kappa shape index (κ3) is 3.21. The van der Waals surface area contributed by atoms with Crippen LogP contribution in [0.2, 0.25) is 0 Å². The topological polar surface area (TPSA) is 23.6 Å². The highest BCUT2D eigenvalue weighted by atomic mass is 32.2. The van der Waals surface area contributed by atoms with Gasteiger partial charge in [0, 0.05) is 30.8 Å². The summed E-state index contributed by atoms with van der Waals surface area (Å²) in [5.41, 5.74) is -0.259. The fourth-order valence-corrected chi connectivity index (χ4v) is 4.10. The van der Waals surface area contributed by atoms with Crippen molar-refractivity contribution in [3.63, 3.8) is 0 Å². The molecule has 0 aromatic carbocycles. The van der Waals surface area contributed by atoms with E-state index in [1.54, 1.807) is 0 Å². The second-order valence-corrected chi connectivity index (χ2v) is 7.96. The summed E-state index contributed by atoms with van der Waals surface area (Å²) >= 11 is 2.05. The largest absolute Gasteiger partial charge is 0.329 e. The number of hydrogen-bond acceptors (Lipinski definition) is 3. The van der Waals surface area contributed by atoms with E-state index in [4.69, 9.17) is 0 Å². The molecule has 0 spiro atoms. The average molecular weight is 270 g/mol. The summed E-state index contributed by atoms with van der Waals surface area (Å²) in [6.45, 7) is 12.5. The van der Waals surface area contributed by atoms with Gasteiger partial charge in [0.15, 0.2) is 0 Å². The van der Waals surface area contributed by atoms with Gasteiger partial charge in [-0.15, -0.1) is 0 Å². The van der Waals surface area contributed by atoms with Crippen LogP contribution in [0.1, 0.15) is 27.7 Å². The van der Waals surface area contributed by atoms with Gasteiger partial charge in [0.25, 0.3) is 0 Å². The molecule has 0 aromatic rings. The lowest BCUT2D eigenvalue weighted by Gasteiger charge is -2.32. The van der Waals surface area contributed by atoms with Crippen molar-refractivity contribution in [1.82, 2.24) is 9.80 Å². The van der Waals surface area contributed by atoms with Crippen LogP contribution >= 0.6 is 11.8 Å². The zero-order chi connectivity index (χ0) is 13.3. The van der Waals surface area contributed by atoms with Gasteiger partial charge >= 0.3 is 0 Å². The van der Waals surface area contributed by atoms with Crippen LogP contribution < -0.4 is 0 Å². The second kappa shape index (κ2) is 5.41. The Hall–Kier alpha value is -0.220. The summed E-state index contributed by atoms with van der Waals surface area (Å²) in [6.07, 6.45) is 0. The second-order valence-electron chi connectivity index (χ2n) is 6.81. The molecule has 0 saturated carbocycles. The standard InChI is InChI=1S/C14H26N2OS/c1-11-7-15-5-6-18-9-12(11)8-16(10-15)13(17)14(2,3)4/h11-12H,5-10H2,1-4H3. The molecule has 0 radical (unpaired) electrons. The van der Waals surface area contributed by atoms with Crippen LogP contribution in [0.25, 0.3) is 0 Å². The van der Waals surface area contributed by atoms with Gasteiger partial charge in [-0.25, -0.2) is 0 Å². The zero-order valence-electron chi connectivity index (χ0n) is 12.1. The fraction of sp³-hybridized carbons (Fsp3) is 0.929. The van der Waals surface area contributed by atoms with Crippen LogP contribution in [0.3, 0.4) is 0 Å². The normalized spacial score (nSPS) is 33.8. The van der Waals surface area contributed by atoms with Crippen LogP contribution in [0.15, 0.2) is 0 Å². The number of rotatable bonds is 0. The minimum Gasteiger partial charge on any atom is -0.329 e. The Bertz CT molecular complexity index is 313. The molecular weight excluding hydrogens is 244 g/mol. The molecule has 2 rings (SSSR count). The molecule has 18 heavy (non-hydrogen) atoms. The molecule has 104 valence electrons. The average Bonchev–Trinajstić information content (AvgIpc) is 2.34. The molecular formula is C14H26N2OS. The Morgan fingerprint density at radius 3 is 2.67 bits per heavy atom. The molecule has 2 heterocycles. The van der Waals surface area contributed by atoms with Gasteiger partial charge in [-0.3, -0.25) is 9.69 Å². The highest BCUT2D eigenvalue weighted by molar-refractivity contribution is 7.99. The first kappa shape index (κ1) is 14.2. The summed E-state index contributed by atoms with van der Waals surface area (Å²) in [4.78, 5) is 17.1. The summed E-state index contributed by atoms with van der Waals surface area (Å²) in [5.74, 6) is 4.09. The van der Waals surface area contributed by atoms with Crippen molar-refractivity contribution < 1.29 is 4.79 Å². The molecule has 3 unspecified atom stereocenters. The van der Waals surface area contributed by atoms with Crippen molar-refractivity contribution in [1.29, 1.82) is 0 Å². The predicted molar refractivity (Wildman–Crippen MR) is 77.6 cm³/mol. The zero-order valence-corrected chi connectivity index (χ0v) is 12.9. The summed E-state index contributed by atoms with van der Waals surface area (Å²) < 4.78 is 0. The van der Waals surface area contributed by atoms with Gasteiger partial charge in [0.2, 0.25) is 5.91 Å². The van der Waals surface area contributed by atoms with Crippen molar-refractivity contribution >= 4 is 17.7 Å². The van der Waals surface area contributed by atoms with E-state index in [0.717, 1.165) is 26.3 Å². The smallest absolute Gasteiger partial charge is 0.228 e. The van der Waals surface area contributed by atoms with E-state index < -0.39 is 0 Å². The Morgan fingerprint density at radius 1 is 1.28 bits per heavy atom. The summed E-state index contributed by atoms with van der Waals surface area (Å²) in [6, 6.07) is 0. The van der Waals surface area contributed by atoms with Gasteiger partial charge < -0.3 is 4.90 Å². The molecule has 0 aromatic heterocycles. The van der Waals surface area contributed by atoms with Crippen LogP contribution in [-0.2, 0) is 4.79 Å². The monoisotopic (exact) mass is 270 g/mol. The number of hydrogen-bond donors (Lipinski definition) is 0. The van der Waals surface area contributed by atoms with Gasteiger partial charge in [0.05, 0.1) is 6.67 Å². The minimum atomic E-state index is -0.259. The molecule has 2 aliphatic heterocycles. The molecule has 2 fully saturated rings. The van der Waals surface area contributed by atoms with E-state index in [2.05, 4.69) is 28.5 Å². The molecule has 1 amide bonds. The number of thioether (sulfide) groups is 1. The first-order chi connectivity index (χ1) is 8.38.